The highest BCUT2D eigenvalue weighted by atomic mass is 19.4. The number of amides is 1. The number of carbonyl (C=O) groups excluding carboxylic acids is 1. The van der Waals surface area contributed by atoms with E-state index >= 15 is 0 Å². The fourth-order valence-corrected chi connectivity index (χ4v) is 1.90. The van der Waals surface area contributed by atoms with Crippen LogP contribution in [0.1, 0.15) is 31.7 Å². The smallest absolute Gasteiger partial charge is 0.339 e. The van der Waals surface area contributed by atoms with Crippen molar-refractivity contribution < 1.29 is 18.0 Å². The Kier molecular flexibility index (Phi) is 5.73. The lowest BCUT2D eigenvalue weighted by Crippen LogP contribution is -2.12. The summed E-state index contributed by atoms with van der Waals surface area (Å²) >= 11 is 0. The third-order valence-corrected chi connectivity index (χ3v) is 3.17. The van der Waals surface area contributed by atoms with Crippen LogP contribution in [0.4, 0.5) is 30.5 Å². The monoisotopic (exact) mass is 338 g/mol. The lowest BCUT2D eigenvalue weighted by Gasteiger charge is -2.09. The average molecular weight is 338 g/mol. The van der Waals surface area contributed by atoms with E-state index in [4.69, 9.17) is 0 Å². The van der Waals surface area contributed by atoms with Gasteiger partial charge in [-0.05, 0) is 42.8 Å². The van der Waals surface area contributed by atoms with Crippen LogP contribution in [0.2, 0.25) is 0 Å². The van der Waals surface area contributed by atoms with Crippen LogP contribution < -0.4 is 10.6 Å². The Morgan fingerprint density at radius 3 is 2.21 bits per heavy atom. The molecule has 8 heteroatoms. The van der Waals surface area contributed by atoms with E-state index in [0.29, 0.717) is 23.7 Å². The molecule has 24 heavy (non-hydrogen) atoms. The summed E-state index contributed by atoms with van der Waals surface area (Å²) in [6.07, 6.45) is -2.22. The summed E-state index contributed by atoms with van der Waals surface area (Å²) in [7, 11) is 0. The number of benzene rings is 1. The Balaban J connectivity index is 1.95. The summed E-state index contributed by atoms with van der Waals surface area (Å²) in [5.74, 6) is 0.560. The number of aromatic nitrogens is 2. The van der Waals surface area contributed by atoms with Crippen molar-refractivity contribution in [2.24, 2.45) is 0 Å². The van der Waals surface area contributed by atoms with Gasteiger partial charge in [-0.2, -0.15) is 13.2 Å². The van der Waals surface area contributed by atoms with Gasteiger partial charge in [0.15, 0.2) is 11.6 Å². The van der Waals surface area contributed by atoms with Gasteiger partial charge in [0.2, 0.25) is 5.91 Å². The predicted molar refractivity (Wildman–Crippen MR) is 84.9 cm³/mol. The third kappa shape index (κ3) is 5.22. The van der Waals surface area contributed by atoms with Crippen molar-refractivity contribution in [1.82, 2.24) is 10.2 Å². The zero-order valence-corrected chi connectivity index (χ0v) is 13.0. The lowest BCUT2D eigenvalue weighted by molar-refractivity contribution is -0.137. The van der Waals surface area contributed by atoms with Gasteiger partial charge in [0.1, 0.15) is 0 Å². The normalized spacial score (nSPS) is 11.2. The fraction of sp³-hybridized carbons (Fsp3) is 0.312. The molecule has 0 spiro atoms. The maximum atomic E-state index is 12.5. The van der Waals surface area contributed by atoms with Crippen LogP contribution in [0, 0.1) is 0 Å². The van der Waals surface area contributed by atoms with Crippen LogP contribution >= 0.6 is 0 Å². The fourth-order valence-electron chi connectivity index (χ4n) is 1.90. The molecule has 0 atom stereocenters. The quantitative estimate of drug-likeness (QED) is 0.821. The highest BCUT2D eigenvalue weighted by molar-refractivity contribution is 5.89. The summed E-state index contributed by atoms with van der Waals surface area (Å²) in [6.45, 7) is 1.99. The number of alkyl halides is 3. The summed E-state index contributed by atoms with van der Waals surface area (Å²) in [5.41, 5.74) is -0.263. The van der Waals surface area contributed by atoms with E-state index in [2.05, 4.69) is 20.8 Å². The molecular weight excluding hydrogens is 321 g/mol. The maximum absolute atomic E-state index is 12.5. The highest BCUT2D eigenvalue weighted by Crippen LogP contribution is 2.30. The van der Waals surface area contributed by atoms with Crippen molar-refractivity contribution in [3.8, 4) is 0 Å². The molecule has 5 nitrogen and oxygen atoms in total. The van der Waals surface area contributed by atoms with Crippen molar-refractivity contribution >= 4 is 23.2 Å². The summed E-state index contributed by atoms with van der Waals surface area (Å²) in [5, 5.41) is 13.2. The van der Waals surface area contributed by atoms with Crippen LogP contribution in [-0.4, -0.2) is 16.1 Å². The molecule has 0 saturated carbocycles. The first kappa shape index (κ1) is 17.7. The van der Waals surface area contributed by atoms with Crippen molar-refractivity contribution in [2.45, 2.75) is 32.4 Å². The Hall–Kier alpha value is -2.64. The number of unbranched alkanes of at least 4 members (excludes halogenated alkanes) is 1. The number of rotatable bonds is 6. The molecule has 0 unspecified atom stereocenters. The van der Waals surface area contributed by atoms with Gasteiger partial charge >= 0.3 is 6.18 Å². The van der Waals surface area contributed by atoms with Crippen LogP contribution in [0.25, 0.3) is 0 Å². The van der Waals surface area contributed by atoms with Crippen LogP contribution in [0.5, 0.6) is 0 Å². The molecule has 2 aromatic rings. The minimum atomic E-state index is -4.37. The van der Waals surface area contributed by atoms with Gasteiger partial charge in [0.25, 0.3) is 0 Å². The maximum Gasteiger partial charge on any atom is 0.416 e. The van der Waals surface area contributed by atoms with Gasteiger partial charge in [0, 0.05) is 12.1 Å². The molecule has 2 rings (SSSR count). The largest absolute Gasteiger partial charge is 0.416 e. The Morgan fingerprint density at radius 2 is 1.67 bits per heavy atom. The lowest BCUT2D eigenvalue weighted by atomic mass is 10.2. The first-order valence-electron chi connectivity index (χ1n) is 7.46. The van der Waals surface area contributed by atoms with Gasteiger partial charge < -0.3 is 10.6 Å². The SMILES string of the molecule is CCCCC(=O)Nc1ccc(Nc2ccc(C(F)(F)F)cc2)nn1. The van der Waals surface area contributed by atoms with E-state index in [0.717, 1.165) is 25.0 Å². The summed E-state index contributed by atoms with van der Waals surface area (Å²) < 4.78 is 37.5. The van der Waals surface area contributed by atoms with Crippen LogP contribution in [-0.2, 0) is 11.0 Å². The molecule has 0 radical (unpaired) electrons. The van der Waals surface area contributed by atoms with E-state index in [1.807, 2.05) is 6.92 Å². The van der Waals surface area contributed by atoms with Gasteiger partial charge in [0.05, 0.1) is 5.56 Å². The number of nitrogens with zero attached hydrogens (tertiary/aromatic N) is 2. The topological polar surface area (TPSA) is 66.9 Å². The molecular formula is C16H17F3N4O. The summed E-state index contributed by atoms with van der Waals surface area (Å²) in [4.78, 5) is 11.6. The standard InChI is InChI=1S/C16H17F3N4O/c1-2-3-4-15(24)21-14-10-9-13(22-23-14)20-12-7-5-11(6-8-12)16(17,18)19/h5-10H,2-4H2,1H3,(H,20,22)(H,21,23,24). The second-order valence-corrected chi connectivity index (χ2v) is 5.16. The highest BCUT2D eigenvalue weighted by Gasteiger charge is 2.29. The number of anilines is 3. The van der Waals surface area contributed by atoms with E-state index in [1.165, 1.54) is 12.1 Å². The second-order valence-electron chi connectivity index (χ2n) is 5.16. The van der Waals surface area contributed by atoms with Crippen molar-refractivity contribution in [1.29, 1.82) is 0 Å². The van der Waals surface area contributed by atoms with E-state index < -0.39 is 11.7 Å². The molecule has 0 aliphatic rings. The molecule has 1 amide bonds. The predicted octanol–water partition coefficient (Wildman–Crippen LogP) is 4.37. The number of hydrogen-bond donors (Lipinski definition) is 2. The van der Waals surface area contributed by atoms with Crippen LogP contribution in [0.15, 0.2) is 36.4 Å². The number of carbonyl (C=O) groups is 1. The average Bonchev–Trinajstić information content (AvgIpc) is 2.54. The van der Waals surface area contributed by atoms with Gasteiger partial charge in [-0.25, -0.2) is 0 Å². The summed E-state index contributed by atoms with van der Waals surface area (Å²) in [6, 6.07) is 7.75. The van der Waals surface area contributed by atoms with Gasteiger partial charge in [-0.3, -0.25) is 4.79 Å². The molecule has 1 aromatic carbocycles. The van der Waals surface area contributed by atoms with E-state index in [1.54, 1.807) is 12.1 Å². The number of hydrogen-bond acceptors (Lipinski definition) is 4. The first-order chi connectivity index (χ1) is 11.4. The molecule has 0 aliphatic carbocycles. The molecule has 128 valence electrons. The molecule has 0 saturated heterocycles. The van der Waals surface area contributed by atoms with E-state index in [-0.39, 0.29) is 5.91 Å². The van der Waals surface area contributed by atoms with Crippen LogP contribution in [0.3, 0.4) is 0 Å². The first-order valence-corrected chi connectivity index (χ1v) is 7.46. The zero-order valence-electron chi connectivity index (χ0n) is 13.0. The van der Waals surface area contributed by atoms with Gasteiger partial charge in [-0.15, -0.1) is 10.2 Å². The van der Waals surface area contributed by atoms with Crippen molar-refractivity contribution in [3.63, 3.8) is 0 Å². The van der Waals surface area contributed by atoms with Crippen molar-refractivity contribution in [3.05, 3.63) is 42.0 Å². The molecule has 0 aliphatic heterocycles. The minimum Gasteiger partial charge on any atom is -0.339 e. The second kappa shape index (κ2) is 7.76. The minimum absolute atomic E-state index is 0.130. The molecule has 1 heterocycles. The molecule has 0 fully saturated rings. The Bertz CT molecular complexity index is 669. The molecule has 2 N–H and O–H groups in total. The Morgan fingerprint density at radius 1 is 1.04 bits per heavy atom. The molecule has 1 aromatic heterocycles. The third-order valence-electron chi connectivity index (χ3n) is 3.17. The number of nitrogens with one attached hydrogen (secondary N) is 2. The number of halogens is 3. The van der Waals surface area contributed by atoms with Gasteiger partial charge in [-0.1, -0.05) is 13.3 Å². The Labute approximate surface area is 137 Å². The van der Waals surface area contributed by atoms with E-state index in [9.17, 15) is 18.0 Å². The molecule has 0 bridgehead atoms. The van der Waals surface area contributed by atoms with Crippen molar-refractivity contribution in [2.75, 3.05) is 10.6 Å². The zero-order chi connectivity index (χ0) is 17.6.